The molecule has 0 spiro atoms. The maximum Gasteiger partial charge on any atom is 0.229 e. The third-order valence-corrected chi connectivity index (χ3v) is 4.16. The molecule has 0 heterocycles. The van der Waals surface area contributed by atoms with E-state index >= 15 is 0 Å². The molecule has 1 unspecified atom stereocenters. The van der Waals surface area contributed by atoms with Crippen molar-refractivity contribution in [2.75, 3.05) is 7.11 Å². The number of aliphatic hydroxyl groups is 2. The molecule has 0 bridgehead atoms. The summed E-state index contributed by atoms with van der Waals surface area (Å²) in [7, 11) is 1.53. The monoisotopic (exact) mass is 333 g/mol. The quantitative estimate of drug-likeness (QED) is 0.661. The van der Waals surface area contributed by atoms with Crippen molar-refractivity contribution in [2.24, 2.45) is 0 Å². The Hall–Kier alpha value is -3.52. The Balaban J connectivity index is 2.18. The first kappa shape index (κ1) is 16.3. The van der Waals surface area contributed by atoms with Crippen LogP contribution in [0.5, 0.6) is 5.75 Å². The van der Waals surface area contributed by atoms with E-state index in [9.17, 15) is 20.3 Å². The van der Waals surface area contributed by atoms with Gasteiger partial charge in [0.2, 0.25) is 5.78 Å². The van der Waals surface area contributed by atoms with Crippen LogP contribution < -0.4 is 4.74 Å². The molecule has 0 radical (unpaired) electrons. The van der Waals surface area contributed by atoms with Crippen molar-refractivity contribution in [3.05, 3.63) is 82.6 Å². The number of carbonyl (C=O) groups excluding carboxylic acids is 1. The zero-order chi connectivity index (χ0) is 18.0. The van der Waals surface area contributed by atoms with Gasteiger partial charge in [-0.15, -0.1) is 0 Å². The van der Waals surface area contributed by atoms with Gasteiger partial charge >= 0.3 is 0 Å². The lowest BCUT2D eigenvalue weighted by Crippen LogP contribution is -2.08. The van der Waals surface area contributed by atoms with E-state index in [-0.39, 0.29) is 16.9 Å². The molecule has 2 aromatic carbocycles. The van der Waals surface area contributed by atoms with E-state index in [2.05, 4.69) is 0 Å². The molecule has 1 aliphatic rings. The van der Waals surface area contributed by atoms with Crippen LogP contribution in [0.1, 0.15) is 17.0 Å². The van der Waals surface area contributed by atoms with E-state index in [4.69, 9.17) is 4.74 Å². The number of benzene rings is 2. The minimum Gasteiger partial charge on any atom is -0.507 e. The normalized spacial score (nSPS) is 18.9. The summed E-state index contributed by atoms with van der Waals surface area (Å²) >= 11 is 0. The minimum absolute atomic E-state index is 0.00887. The van der Waals surface area contributed by atoms with Crippen LogP contribution in [0.3, 0.4) is 0 Å². The smallest absolute Gasteiger partial charge is 0.229 e. The van der Waals surface area contributed by atoms with E-state index < -0.39 is 17.5 Å². The lowest BCUT2D eigenvalue weighted by Gasteiger charge is -2.14. The number of nitrogens with zero attached hydrogens (tertiary/aromatic N) is 1. The van der Waals surface area contributed by atoms with E-state index in [1.807, 2.05) is 12.1 Å². The molecule has 0 fully saturated rings. The molecule has 1 aliphatic carbocycles. The summed E-state index contributed by atoms with van der Waals surface area (Å²) in [5.41, 5.74) is 0.972. The highest BCUT2D eigenvalue weighted by molar-refractivity contribution is 6.16. The molecule has 0 aliphatic heterocycles. The zero-order valence-electron chi connectivity index (χ0n) is 13.4. The Morgan fingerprint density at radius 3 is 2.32 bits per heavy atom. The summed E-state index contributed by atoms with van der Waals surface area (Å²) in [6.45, 7) is 0. The predicted molar refractivity (Wildman–Crippen MR) is 92.0 cm³/mol. The number of Topliss-reactive ketones (excluding diaryl/α,β-unsaturated/α-hetero) is 1. The molecule has 5 heteroatoms. The van der Waals surface area contributed by atoms with E-state index in [1.54, 1.807) is 48.5 Å². The van der Waals surface area contributed by atoms with Gasteiger partial charge < -0.3 is 14.9 Å². The largest absolute Gasteiger partial charge is 0.507 e. The molecule has 0 saturated carbocycles. The average molecular weight is 333 g/mol. The molecule has 5 nitrogen and oxygen atoms in total. The maximum atomic E-state index is 12.5. The summed E-state index contributed by atoms with van der Waals surface area (Å²) in [6, 6.07) is 17.3. The third-order valence-electron chi connectivity index (χ3n) is 4.16. The maximum absolute atomic E-state index is 12.5. The third kappa shape index (κ3) is 2.74. The molecule has 3 rings (SSSR count). The number of hydrogen-bond donors (Lipinski definition) is 2. The molecule has 2 aromatic rings. The van der Waals surface area contributed by atoms with Crippen molar-refractivity contribution in [3.63, 3.8) is 0 Å². The van der Waals surface area contributed by atoms with E-state index in [0.717, 1.165) is 0 Å². The van der Waals surface area contributed by atoms with Gasteiger partial charge in [0, 0.05) is 5.56 Å². The highest BCUT2D eigenvalue weighted by atomic mass is 16.5. The lowest BCUT2D eigenvalue weighted by atomic mass is 9.87. The summed E-state index contributed by atoms with van der Waals surface area (Å²) < 4.78 is 5.08. The number of hydrogen-bond acceptors (Lipinski definition) is 5. The SMILES string of the molecule is COc1ccc(C(O)=C2C(=O)C(O)=C(C#N)C2c2ccccc2)cc1. The van der Waals surface area contributed by atoms with Gasteiger partial charge in [0.15, 0.2) is 5.76 Å². The van der Waals surface area contributed by atoms with Crippen LogP contribution in [-0.2, 0) is 4.79 Å². The van der Waals surface area contributed by atoms with Crippen molar-refractivity contribution in [1.82, 2.24) is 0 Å². The first-order valence-corrected chi connectivity index (χ1v) is 7.59. The van der Waals surface area contributed by atoms with Gasteiger partial charge in [0.05, 0.1) is 30.2 Å². The zero-order valence-corrected chi connectivity index (χ0v) is 13.4. The Morgan fingerprint density at radius 1 is 1.12 bits per heavy atom. The molecular formula is C20H15NO4. The second-order valence-corrected chi connectivity index (χ2v) is 5.54. The van der Waals surface area contributed by atoms with Crippen molar-refractivity contribution >= 4 is 11.5 Å². The van der Waals surface area contributed by atoms with Gasteiger partial charge in [-0.05, 0) is 29.8 Å². The lowest BCUT2D eigenvalue weighted by molar-refractivity contribution is -0.114. The fourth-order valence-corrected chi connectivity index (χ4v) is 2.91. The van der Waals surface area contributed by atoms with Gasteiger partial charge in [0.25, 0.3) is 0 Å². The molecular weight excluding hydrogens is 318 g/mol. The summed E-state index contributed by atoms with van der Waals surface area (Å²) in [5, 5.41) is 30.2. The predicted octanol–water partition coefficient (Wildman–Crippen LogP) is 3.67. The number of methoxy groups -OCH3 is 1. The van der Waals surface area contributed by atoms with Crippen LogP contribution in [0.15, 0.2) is 71.5 Å². The Bertz CT molecular complexity index is 918. The molecule has 0 amide bonds. The van der Waals surface area contributed by atoms with Crippen LogP contribution in [0, 0.1) is 11.3 Å². The highest BCUT2D eigenvalue weighted by Gasteiger charge is 2.41. The number of carbonyl (C=O) groups is 1. The van der Waals surface area contributed by atoms with Crippen molar-refractivity contribution in [3.8, 4) is 11.8 Å². The van der Waals surface area contributed by atoms with Gasteiger partial charge in [-0.3, -0.25) is 4.79 Å². The first-order chi connectivity index (χ1) is 12.1. The second-order valence-electron chi connectivity index (χ2n) is 5.54. The van der Waals surface area contributed by atoms with E-state index in [0.29, 0.717) is 16.9 Å². The Morgan fingerprint density at radius 2 is 1.76 bits per heavy atom. The van der Waals surface area contributed by atoms with Gasteiger partial charge in [-0.25, -0.2) is 0 Å². The van der Waals surface area contributed by atoms with Gasteiger partial charge in [0.1, 0.15) is 11.5 Å². The van der Waals surface area contributed by atoms with E-state index in [1.165, 1.54) is 7.11 Å². The van der Waals surface area contributed by atoms with Crippen molar-refractivity contribution in [1.29, 1.82) is 5.26 Å². The highest BCUT2D eigenvalue weighted by Crippen LogP contribution is 2.43. The fourth-order valence-electron chi connectivity index (χ4n) is 2.91. The molecule has 25 heavy (non-hydrogen) atoms. The fraction of sp³-hybridized carbons (Fsp3) is 0.100. The molecule has 0 saturated heterocycles. The van der Waals surface area contributed by atoms with Crippen LogP contribution in [0.2, 0.25) is 0 Å². The van der Waals surface area contributed by atoms with Crippen LogP contribution in [0.25, 0.3) is 5.76 Å². The number of allylic oxidation sites excluding steroid dienone is 2. The topological polar surface area (TPSA) is 90.6 Å². The number of ketones is 1. The first-order valence-electron chi connectivity index (χ1n) is 7.59. The average Bonchev–Trinajstić information content (AvgIpc) is 2.92. The minimum atomic E-state index is -0.805. The molecule has 124 valence electrons. The van der Waals surface area contributed by atoms with Gasteiger partial charge in [-0.1, -0.05) is 30.3 Å². The summed E-state index contributed by atoms with van der Waals surface area (Å²) in [6.07, 6.45) is 0. The Kier molecular flexibility index (Phi) is 4.27. The number of aliphatic hydroxyl groups excluding tert-OH is 2. The molecule has 0 aromatic heterocycles. The number of ether oxygens (including phenoxy) is 1. The summed E-state index contributed by atoms with van der Waals surface area (Å²) in [4.78, 5) is 12.5. The van der Waals surface area contributed by atoms with Crippen molar-refractivity contribution < 1.29 is 19.7 Å². The van der Waals surface area contributed by atoms with Crippen LogP contribution >= 0.6 is 0 Å². The molecule has 1 atom stereocenters. The van der Waals surface area contributed by atoms with Gasteiger partial charge in [-0.2, -0.15) is 5.26 Å². The number of nitriles is 1. The molecule has 2 N–H and O–H groups in total. The van der Waals surface area contributed by atoms with Crippen LogP contribution in [-0.4, -0.2) is 23.1 Å². The summed E-state index contributed by atoms with van der Waals surface area (Å²) in [5.74, 6) is -1.82. The second kappa shape index (κ2) is 6.54. The van der Waals surface area contributed by atoms with Crippen LogP contribution in [0.4, 0.5) is 0 Å². The number of rotatable bonds is 3. The Labute approximate surface area is 144 Å². The standard InChI is InChI=1S/C20H15NO4/c1-25-14-9-7-13(8-10-14)18(22)17-16(12-5-3-2-4-6-12)15(11-21)19(23)20(17)24/h2-10,16,22-23H,1H3. The van der Waals surface area contributed by atoms with Crippen molar-refractivity contribution in [2.45, 2.75) is 5.92 Å².